The Labute approximate surface area is 118 Å². The molecular formula is C14H21N3O3. The smallest absolute Gasteiger partial charge is 0.292 e. The highest BCUT2D eigenvalue weighted by Crippen LogP contribution is 2.04. The van der Waals surface area contributed by atoms with Crippen molar-refractivity contribution >= 4 is 5.91 Å². The van der Waals surface area contributed by atoms with E-state index in [0.29, 0.717) is 26.2 Å². The SMILES string of the molecule is C=C(C)COc1cccn(CCC(=O)NCCN)c1=O. The molecule has 0 aliphatic rings. The van der Waals surface area contributed by atoms with Crippen LogP contribution in [-0.4, -0.2) is 30.2 Å². The summed E-state index contributed by atoms with van der Waals surface area (Å²) in [6.45, 7) is 6.98. The number of hydrogen-bond donors (Lipinski definition) is 2. The molecule has 3 N–H and O–H groups in total. The number of nitrogens with zero attached hydrogens (tertiary/aromatic N) is 1. The van der Waals surface area contributed by atoms with Gasteiger partial charge in [0.15, 0.2) is 5.75 Å². The first-order valence-corrected chi connectivity index (χ1v) is 6.48. The molecule has 6 heteroatoms. The van der Waals surface area contributed by atoms with Crippen molar-refractivity contribution in [3.05, 3.63) is 40.8 Å². The molecule has 0 radical (unpaired) electrons. The number of nitrogens with two attached hydrogens (primary N) is 1. The molecule has 0 atom stereocenters. The number of nitrogens with one attached hydrogen (secondary N) is 1. The number of carbonyl (C=O) groups excluding carboxylic acids is 1. The zero-order valence-corrected chi connectivity index (χ0v) is 11.7. The van der Waals surface area contributed by atoms with Crippen LogP contribution in [0.2, 0.25) is 0 Å². The van der Waals surface area contributed by atoms with Gasteiger partial charge in [-0.05, 0) is 24.6 Å². The molecule has 0 spiro atoms. The van der Waals surface area contributed by atoms with E-state index in [9.17, 15) is 9.59 Å². The van der Waals surface area contributed by atoms with E-state index < -0.39 is 0 Å². The van der Waals surface area contributed by atoms with Crippen LogP contribution in [0.4, 0.5) is 0 Å². The first-order chi connectivity index (χ1) is 9.54. The highest BCUT2D eigenvalue weighted by Gasteiger charge is 2.06. The third kappa shape index (κ3) is 5.27. The molecule has 1 rings (SSSR count). The fourth-order valence-electron chi connectivity index (χ4n) is 1.52. The second kappa shape index (κ2) is 8.16. The number of pyridine rings is 1. The van der Waals surface area contributed by atoms with Crippen LogP contribution in [0.5, 0.6) is 5.75 Å². The van der Waals surface area contributed by atoms with Crippen molar-refractivity contribution in [1.29, 1.82) is 0 Å². The summed E-state index contributed by atoms with van der Waals surface area (Å²) in [7, 11) is 0. The van der Waals surface area contributed by atoms with Crippen molar-refractivity contribution < 1.29 is 9.53 Å². The minimum atomic E-state index is -0.250. The van der Waals surface area contributed by atoms with E-state index in [2.05, 4.69) is 11.9 Å². The Morgan fingerprint density at radius 3 is 2.95 bits per heavy atom. The normalized spacial score (nSPS) is 10.1. The number of hydrogen-bond acceptors (Lipinski definition) is 4. The molecule has 1 heterocycles. The van der Waals surface area contributed by atoms with E-state index in [1.165, 1.54) is 4.57 Å². The van der Waals surface area contributed by atoms with Gasteiger partial charge in [0, 0.05) is 32.3 Å². The van der Waals surface area contributed by atoms with Gasteiger partial charge in [0.25, 0.3) is 5.56 Å². The van der Waals surface area contributed by atoms with Gasteiger partial charge in [0.2, 0.25) is 5.91 Å². The Hall–Kier alpha value is -2.08. The van der Waals surface area contributed by atoms with Crippen molar-refractivity contribution in [2.75, 3.05) is 19.7 Å². The Balaban J connectivity index is 2.62. The molecule has 0 saturated carbocycles. The average molecular weight is 279 g/mol. The average Bonchev–Trinajstić information content (AvgIpc) is 2.42. The van der Waals surface area contributed by atoms with E-state index in [0.717, 1.165) is 5.57 Å². The van der Waals surface area contributed by atoms with Crippen molar-refractivity contribution in [3.8, 4) is 5.75 Å². The minimum Gasteiger partial charge on any atom is -0.484 e. The summed E-state index contributed by atoms with van der Waals surface area (Å²) in [6, 6.07) is 3.32. The Morgan fingerprint density at radius 1 is 1.55 bits per heavy atom. The second-order valence-electron chi connectivity index (χ2n) is 4.51. The third-order valence-electron chi connectivity index (χ3n) is 2.51. The molecule has 0 saturated heterocycles. The van der Waals surface area contributed by atoms with E-state index in [4.69, 9.17) is 10.5 Å². The first kappa shape index (κ1) is 16.0. The fourth-order valence-corrected chi connectivity index (χ4v) is 1.52. The molecule has 0 unspecified atom stereocenters. The Morgan fingerprint density at radius 2 is 2.30 bits per heavy atom. The molecule has 110 valence electrons. The molecule has 1 amide bonds. The highest BCUT2D eigenvalue weighted by atomic mass is 16.5. The lowest BCUT2D eigenvalue weighted by Gasteiger charge is -2.09. The van der Waals surface area contributed by atoms with Crippen LogP contribution in [0.25, 0.3) is 0 Å². The molecule has 0 fully saturated rings. The molecule has 0 aliphatic heterocycles. The summed E-state index contributed by atoms with van der Waals surface area (Å²) in [5.41, 5.74) is 5.88. The highest BCUT2D eigenvalue weighted by molar-refractivity contribution is 5.75. The topological polar surface area (TPSA) is 86.3 Å². The largest absolute Gasteiger partial charge is 0.484 e. The van der Waals surface area contributed by atoms with Gasteiger partial charge >= 0.3 is 0 Å². The van der Waals surface area contributed by atoms with Crippen molar-refractivity contribution in [2.24, 2.45) is 5.73 Å². The van der Waals surface area contributed by atoms with Crippen LogP contribution < -0.4 is 21.3 Å². The summed E-state index contributed by atoms with van der Waals surface area (Å²) < 4.78 is 6.81. The van der Waals surface area contributed by atoms with Crippen LogP contribution in [0.15, 0.2) is 35.3 Å². The van der Waals surface area contributed by atoms with Gasteiger partial charge in [-0.15, -0.1) is 0 Å². The number of aromatic nitrogens is 1. The summed E-state index contributed by atoms with van der Waals surface area (Å²) in [5, 5.41) is 2.65. The zero-order chi connectivity index (χ0) is 15.0. The van der Waals surface area contributed by atoms with Gasteiger partial charge in [-0.1, -0.05) is 6.58 Å². The van der Waals surface area contributed by atoms with Crippen molar-refractivity contribution in [2.45, 2.75) is 19.9 Å². The van der Waals surface area contributed by atoms with Crippen molar-refractivity contribution in [3.63, 3.8) is 0 Å². The maximum Gasteiger partial charge on any atom is 0.292 e. The zero-order valence-electron chi connectivity index (χ0n) is 11.7. The molecular weight excluding hydrogens is 258 g/mol. The van der Waals surface area contributed by atoms with Gasteiger partial charge in [0.1, 0.15) is 6.61 Å². The Kier molecular flexibility index (Phi) is 6.52. The quantitative estimate of drug-likeness (QED) is 0.669. The van der Waals surface area contributed by atoms with Gasteiger partial charge < -0.3 is 20.4 Å². The number of ether oxygens (including phenoxy) is 1. The van der Waals surface area contributed by atoms with Crippen LogP contribution in [0.3, 0.4) is 0 Å². The van der Waals surface area contributed by atoms with Crippen LogP contribution in [0.1, 0.15) is 13.3 Å². The molecule has 1 aromatic rings. The first-order valence-electron chi connectivity index (χ1n) is 6.48. The van der Waals surface area contributed by atoms with Gasteiger partial charge in [-0.2, -0.15) is 0 Å². The second-order valence-corrected chi connectivity index (χ2v) is 4.51. The number of amides is 1. The summed E-state index contributed by atoms with van der Waals surface area (Å²) in [4.78, 5) is 23.5. The monoisotopic (exact) mass is 279 g/mol. The predicted molar refractivity (Wildman–Crippen MR) is 77.7 cm³/mol. The number of aryl methyl sites for hydroxylation is 1. The molecule has 1 aromatic heterocycles. The lowest BCUT2D eigenvalue weighted by atomic mass is 10.3. The lowest BCUT2D eigenvalue weighted by Crippen LogP contribution is -2.31. The van der Waals surface area contributed by atoms with Gasteiger partial charge in [0.05, 0.1) is 0 Å². The minimum absolute atomic E-state index is 0.129. The van der Waals surface area contributed by atoms with Crippen molar-refractivity contribution in [1.82, 2.24) is 9.88 Å². The van der Waals surface area contributed by atoms with Gasteiger partial charge in [-0.3, -0.25) is 9.59 Å². The van der Waals surface area contributed by atoms with E-state index in [-0.39, 0.29) is 23.6 Å². The molecule has 6 nitrogen and oxygen atoms in total. The number of carbonyl (C=O) groups is 1. The summed E-state index contributed by atoms with van der Waals surface area (Å²) >= 11 is 0. The summed E-state index contributed by atoms with van der Waals surface area (Å²) in [5.74, 6) is 0.133. The van der Waals surface area contributed by atoms with E-state index in [1.807, 2.05) is 6.92 Å². The van der Waals surface area contributed by atoms with Gasteiger partial charge in [-0.25, -0.2) is 0 Å². The van der Waals surface area contributed by atoms with Crippen LogP contribution in [-0.2, 0) is 11.3 Å². The molecule has 20 heavy (non-hydrogen) atoms. The summed E-state index contributed by atoms with van der Waals surface area (Å²) in [6.07, 6.45) is 1.86. The van der Waals surface area contributed by atoms with Crippen LogP contribution in [0, 0.1) is 0 Å². The fraction of sp³-hybridized carbons (Fsp3) is 0.429. The van der Waals surface area contributed by atoms with E-state index in [1.54, 1.807) is 18.3 Å². The van der Waals surface area contributed by atoms with E-state index >= 15 is 0 Å². The lowest BCUT2D eigenvalue weighted by molar-refractivity contribution is -0.121. The number of rotatable bonds is 8. The maximum atomic E-state index is 12.1. The molecule has 0 aliphatic carbocycles. The maximum absolute atomic E-state index is 12.1. The Bertz CT molecular complexity index is 523. The standard InChI is InChI=1S/C14H21N3O3/c1-11(2)10-20-12-4-3-8-17(14(12)19)9-5-13(18)16-7-6-15/h3-4,8H,1,5-7,9-10,15H2,2H3,(H,16,18). The third-order valence-corrected chi connectivity index (χ3v) is 2.51. The van der Waals surface area contributed by atoms with Crippen LogP contribution >= 0.6 is 0 Å². The molecule has 0 bridgehead atoms. The molecule has 0 aromatic carbocycles. The predicted octanol–water partition coefficient (Wildman–Crippen LogP) is 0.268.